The minimum Gasteiger partial charge on any atom is -0.478 e. The maximum absolute atomic E-state index is 13.8. The number of hydrogen-bond acceptors (Lipinski definition) is 6. The Bertz CT molecular complexity index is 1590. The van der Waals surface area contributed by atoms with E-state index in [1.54, 1.807) is 0 Å². The lowest BCUT2D eigenvalue weighted by molar-refractivity contribution is -0.137. The second kappa shape index (κ2) is 9.44. The van der Waals surface area contributed by atoms with Gasteiger partial charge in [0.1, 0.15) is 0 Å². The molecule has 0 saturated carbocycles. The van der Waals surface area contributed by atoms with E-state index >= 15 is 0 Å². The number of hydrogen-bond donors (Lipinski definition) is 5. The van der Waals surface area contributed by atoms with Crippen molar-refractivity contribution in [3.05, 3.63) is 81.8 Å². The first-order valence-corrected chi connectivity index (χ1v) is 10.2. The zero-order chi connectivity index (χ0) is 26.9. The van der Waals surface area contributed by atoms with Crippen LogP contribution >= 0.6 is 0 Å². The first-order valence-electron chi connectivity index (χ1n) is 10.2. The van der Waals surface area contributed by atoms with Gasteiger partial charge in [0.15, 0.2) is 0 Å². The van der Waals surface area contributed by atoms with Gasteiger partial charge in [0.25, 0.3) is 5.56 Å². The fourth-order valence-electron chi connectivity index (χ4n) is 3.34. The molecule has 0 saturated heterocycles. The van der Waals surface area contributed by atoms with E-state index in [1.165, 1.54) is 30.5 Å². The van der Waals surface area contributed by atoms with Gasteiger partial charge in [-0.1, -0.05) is 0 Å². The molecule has 0 fully saturated rings. The van der Waals surface area contributed by atoms with E-state index < -0.39 is 46.7 Å². The predicted molar refractivity (Wildman–Crippen MR) is 121 cm³/mol. The number of fused-ring (bicyclic) bond motifs is 1. The fourth-order valence-corrected chi connectivity index (χ4v) is 3.34. The average molecular weight is 516 g/mol. The molecule has 12 nitrogen and oxygen atoms in total. The number of carbonyl (C=O) groups is 3. The molecular weight excluding hydrogens is 501 g/mol. The van der Waals surface area contributed by atoms with Crippen LogP contribution in [0.25, 0.3) is 16.7 Å². The Labute approximate surface area is 203 Å². The number of halogens is 3. The van der Waals surface area contributed by atoms with Crippen molar-refractivity contribution in [2.45, 2.75) is 12.7 Å². The summed E-state index contributed by atoms with van der Waals surface area (Å²) >= 11 is 0. The number of imidazole rings is 1. The standard InChI is InChI=1S/C22H15F3N6O6/c23-22(24,25)13-5-14-15(29-17(20(35)36)18(32)30-14)6-16(13)31-8-12(27-9-31)7-26-21(37)28-11-3-1-10(2-4-11)19(33)34/h1-6,8-9H,7H2,(H,30,32)(H,33,34)(H,35,36)(H2,26,28,37). The van der Waals surface area contributed by atoms with Crippen LogP contribution in [0, 0.1) is 0 Å². The lowest BCUT2D eigenvalue weighted by atomic mass is 10.1. The number of alkyl halides is 3. The van der Waals surface area contributed by atoms with Crippen molar-refractivity contribution in [2.24, 2.45) is 0 Å². The van der Waals surface area contributed by atoms with Crippen molar-refractivity contribution in [1.29, 1.82) is 0 Å². The summed E-state index contributed by atoms with van der Waals surface area (Å²) in [6.45, 7) is -0.171. The van der Waals surface area contributed by atoms with E-state index in [0.717, 1.165) is 17.0 Å². The highest BCUT2D eigenvalue weighted by Gasteiger charge is 2.35. The van der Waals surface area contributed by atoms with Crippen molar-refractivity contribution < 1.29 is 37.8 Å². The van der Waals surface area contributed by atoms with Gasteiger partial charge < -0.3 is 30.4 Å². The Kier molecular flexibility index (Phi) is 6.36. The highest BCUT2D eigenvalue weighted by Crippen LogP contribution is 2.35. The van der Waals surface area contributed by atoms with Gasteiger partial charge >= 0.3 is 24.1 Å². The van der Waals surface area contributed by atoms with Crippen molar-refractivity contribution in [1.82, 2.24) is 24.8 Å². The molecule has 0 unspecified atom stereocenters. The zero-order valence-electron chi connectivity index (χ0n) is 18.3. The summed E-state index contributed by atoms with van der Waals surface area (Å²) in [4.78, 5) is 55.7. The third-order valence-corrected chi connectivity index (χ3v) is 5.05. The molecule has 37 heavy (non-hydrogen) atoms. The monoisotopic (exact) mass is 516 g/mol. The summed E-state index contributed by atoms with van der Waals surface area (Å²) in [6.07, 6.45) is -2.55. The van der Waals surface area contributed by atoms with E-state index in [-0.39, 0.29) is 28.8 Å². The highest BCUT2D eigenvalue weighted by atomic mass is 19.4. The molecule has 190 valence electrons. The number of carbonyl (C=O) groups excluding carboxylic acids is 1. The smallest absolute Gasteiger partial charge is 0.418 e. The second-order valence-corrected chi connectivity index (χ2v) is 7.57. The summed E-state index contributed by atoms with van der Waals surface area (Å²) in [5, 5.41) is 22.9. The van der Waals surface area contributed by atoms with Crippen LogP contribution in [0.1, 0.15) is 32.1 Å². The van der Waals surface area contributed by atoms with Crippen molar-refractivity contribution >= 4 is 34.7 Å². The van der Waals surface area contributed by atoms with Crippen LogP contribution in [0.15, 0.2) is 53.7 Å². The number of aromatic nitrogens is 4. The van der Waals surface area contributed by atoms with Gasteiger partial charge in [-0.3, -0.25) is 4.79 Å². The molecular formula is C22H15F3N6O6. The normalized spacial score (nSPS) is 11.3. The fraction of sp³-hybridized carbons (Fsp3) is 0.0909. The van der Waals surface area contributed by atoms with Gasteiger partial charge in [-0.05, 0) is 36.4 Å². The van der Waals surface area contributed by atoms with Gasteiger partial charge in [-0.2, -0.15) is 13.2 Å². The molecule has 2 heterocycles. The number of benzene rings is 2. The molecule has 15 heteroatoms. The Morgan fingerprint density at radius 1 is 1.05 bits per heavy atom. The van der Waals surface area contributed by atoms with Crippen LogP contribution in [0.2, 0.25) is 0 Å². The predicted octanol–water partition coefficient (Wildman–Crippen LogP) is 2.85. The Hall–Kier alpha value is -5.21. The number of carboxylic acids is 2. The molecule has 4 rings (SSSR count). The van der Waals surface area contributed by atoms with Crippen LogP contribution in [0.5, 0.6) is 0 Å². The van der Waals surface area contributed by atoms with E-state index in [1.807, 2.05) is 0 Å². The Morgan fingerprint density at radius 2 is 1.76 bits per heavy atom. The summed E-state index contributed by atoms with van der Waals surface area (Å²) in [6, 6.07) is 6.30. The highest BCUT2D eigenvalue weighted by molar-refractivity contribution is 5.91. The van der Waals surface area contributed by atoms with Crippen LogP contribution < -0.4 is 16.2 Å². The number of nitrogens with one attached hydrogen (secondary N) is 3. The molecule has 0 bridgehead atoms. The number of aromatic carboxylic acids is 2. The van der Waals surface area contributed by atoms with E-state index in [9.17, 15) is 32.3 Å². The topological polar surface area (TPSA) is 179 Å². The van der Waals surface area contributed by atoms with Gasteiger partial charge in [0, 0.05) is 11.9 Å². The van der Waals surface area contributed by atoms with Gasteiger partial charge in [-0.25, -0.2) is 24.4 Å². The molecule has 0 aliphatic carbocycles. The van der Waals surface area contributed by atoms with Crippen LogP contribution in [0.3, 0.4) is 0 Å². The number of amides is 2. The van der Waals surface area contributed by atoms with Gasteiger partial charge in [0.2, 0.25) is 5.69 Å². The van der Waals surface area contributed by atoms with E-state index in [2.05, 4.69) is 25.6 Å². The number of anilines is 1. The number of carboxylic acid groups (broad SMARTS) is 2. The third kappa shape index (κ3) is 5.39. The summed E-state index contributed by atoms with van der Waals surface area (Å²) in [5.41, 5.74) is -3.56. The zero-order valence-corrected chi connectivity index (χ0v) is 18.3. The molecule has 0 spiro atoms. The molecule has 0 atom stereocenters. The second-order valence-electron chi connectivity index (χ2n) is 7.57. The summed E-state index contributed by atoms with van der Waals surface area (Å²) in [7, 11) is 0. The van der Waals surface area contributed by atoms with Crippen molar-refractivity contribution in [2.75, 3.05) is 5.32 Å². The SMILES string of the molecule is O=C(NCc1cn(-c2cc3nc(C(=O)O)c(=O)[nH]c3cc2C(F)(F)F)cn1)Nc1ccc(C(=O)O)cc1. The Morgan fingerprint density at radius 3 is 2.38 bits per heavy atom. The lowest BCUT2D eigenvalue weighted by Crippen LogP contribution is -2.28. The molecule has 0 radical (unpaired) electrons. The maximum atomic E-state index is 13.8. The number of urea groups is 1. The maximum Gasteiger partial charge on any atom is 0.418 e. The van der Waals surface area contributed by atoms with Crippen LogP contribution in [-0.2, 0) is 12.7 Å². The van der Waals surface area contributed by atoms with Crippen molar-refractivity contribution in [3.8, 4) is 5.69 Å². The molecule has 2 aromatic carbocycles. The minimum atomic E-state index is -4.84. The molecule has 5 N–H and O–H groups in total. The number of nitrogens with zero attached hydrogens (tertiary/aromatic N) is 3. The van der Waals surface area contributed by atoms with Gasteiger partial charge in [-0.15, -0.1) is 0 Å². The summed E-state index contributed by atoms with van der Waals surface area (Å²) in [5.74, 6) is -2.77. The summed E-state index contributed by atoms with van der Waals surface area (Å²) < 4.78 is 42.3. The number of aromatic amines is 1. The molecule has 0 aliphatic heterocycles. The first kappa shape index (κ1) is 24.9. The van der Waals surface area contributed by atoms with E-state index in [0.29, 0.717) is 11.8 Å². The van der Waals surface area contributed by atoms with E-state index in [4.69, 9.17) is 10.2 Å². The van der Waals surface area contributed by atoms with Crippen LogP contribution in [-0.4, -0.2) is 47.7 Å². The molecule has 0 aliphatic rings. The molecule has 2 aromatic heterocycles. The largest absolute Gasteiger partial charge is 0.478 e. The number of rotatable bonds is 6. The Balaban J connectivity index is 1.56. The van der Waals surface area contributed by atoms with Crippen molar-refractivity contribution in [3.63, 3.8) is 0 Å². The van der Waals surface area contributed by atoms with Crippen LogP contribution in [0.4, 0.5) is 23.7 Å². The molecule has 4 aromatic rings. The quantitative estimate of drug-likeness (QED) is 0.259. The first-order chi connectivity index (χ1) is 17.4. The van der Waals surface area contributed by atoms with Gasteiger partial charge in [0.05, 0.1) is 46.4 Å². The number of H-pyrrole nitrogens is 1. The minimum absolute atomic E-state index is 0.0316. The lowest BCUT2D eigenvalue weighted by Gasteiger charge is -2.14. The third-order valence-electron chi connectivity index (χ3n) is 5.05. The molecule has 2 amide bonds. The average Bonchev–Trinajstić information content (AvgIpc) is 3.30.